The molecule has 3 N–H and O–H groups in total. The van der Waals surface area contributed by atoms with Crippen LogP contribution in [0, 0.1) is 5.92 Å². The van der Waals surface area contributed by atoms with Crippen molar-refractivity contribution in [3.05, 3.63) is 17.5 Å². The average molecular weight is 336 g/mol. The standard InChI is InChI=1S/C16H24N4O4/c1-10(2)7-12(16(23)24)19-14(21)9-17-15(22)11-8-18-20-6-4-3-5-13(11)20/h8,10,12H,3-7,9H2,1-2H3,(H,17,22)(H,19,21)(H,23,24)/t12-/m0/s1. The number of hydrogen-bond acceptors (Lipinski definition) is 4. The predicted molar refractivity (Wildman–Crippen MR) is 86.5 cm³/mol. The highest BCUT2D eigenvalue weighted by molar-refractivity contribution is 5.97. The van der Waals surface area contributed by atoms with E-state index in [2.05, 4.69) is 15.7 Å². The van der Waals surface area contributed by atoms with Crippen molar-refractivity contribution in [1.29, 1.82) is 0 Å². The Morgan fingerprint density at radius 1 is 1.33 bits per heavy atom. The Kier molecular flexibility index (Phi) is 5.94. The van der Waals surface area contributed by atoms with E-state index in [1.54, 1.807) is 0 Å². The second-order valence-electron chi connectivity index (χ2n) is 6.46. The van der Waals surface area contributed by atoms with Crippen LogP contribution >= 0.6 is 0 Å². The molecular formula is C16H24N4O4. The van der Waals surface area contributed by atoms with E-state index < -0.39 is 17.9 Å². The maximum Gasteiger partial charge on any atom is 0.326 e. The third-order valence-corrected chi connectivity index (χ3v) is 3.98. The van der Waals surface area contributed by atoms with Gasteiger partial charge in [-0.05, 0) is 31.6 Å². The summed E-state index contributed by atoms with van der Waals surface area (Å²) in [6, 6.07) is -0.946. The first-order chi connectivity index (χ1) is 11.4. The van der Waals surface area contributed by atoms with E-state index in [0.29, 0.717) is 12.0 Å². The number of fused-ring (bicyclic) bond motifs is 1. The monoisotopic (exact) mass is 336 g/mol. The Bertz CT molecular complexity index is 624. The van der Waals surface area contributed by atoms with Gasteiger partial charge in [0.05, 0.1) is 24.0 Å². The van der Waals surface area contributed by atoms with Gasteiger partial charge in [0.1, 0.15) is 6.04 Å². The maximum absolute atomic E-state index is 12.2. The van der Waals surface area contributed by atoms with E-state index in [0.717, 1.165) is 31.5 Å². The summed E-state index contributed by atoms with van der Waals surface area (Å²) in [5.74, 6) is -1.81. The largest absolute Gasteiger partial charge is 0.480 e. The van der Waals surface area contributed by atoms with Crippen molar-refractivity contribution in [2.45, 2.75) is 52.1 Å². The molecule has 8 heteroatoms. The van der Waals surface area contributed by atoms with E-state index >= 15 is 0 Å². The smallest absolute Gasteiger partial charge is 0.326 e. The van der Waals surface area contributed by atoms with Crippen molar-refractivity contribution < 1.29 is 19.5 Å². The molecule has 2 heterocycles. The van der Waals surface area contributed by atoms with Gasteiger partial charge in [0, 0.05) is 6.54 Å². The van der Waals surface area contributed by atoms with Gasteiger partial charge in [0.15, 0.2) is 0 Å². The summed E-state index contributed by atoms with van der Waals surface area (Å²) in [5, 5.41) is 18.3. The number of rotatable bonds is 7. The molecule has 0 aliphatic carbocycles. The number of aliphatic carboxylic acids is 1. The molecular weight excluding hydrogens is 312 g/mol. The van der Waals surface area contributed by atoms with Crippen molar-refractivity contribution in [3.8, 4) is 0 Å². The number of aryl methyl sites for hydroxylation is 1. The number of amides is 2. The second-order valence-corrected chi connectivity index (χ2v) is 6.46. The minimum Gasteiger partial charge on any atom is -0.480 e. The van der Waals surface area contributed by atoms with Gasteiger partial charge >= 0.3 is 5.97 Å². The summed E-state index contributed by atoms with van der Waals surface area (Å²) in [6.45, 7) is 4.31. The highest BCUT2D eigenvalue weighted by atomic mass is 16.4. The minimum atomic E-state index is -1.07. The Morgan fingerprint density at radius 3 is 2.75 bits per heavy atom. The van der Waals surface area contributed by atoms with Gasteiger partial charge in [-0.2, -0.15) is 5.10 Å². The van der Waals surface area contributed by atoms with Crippen LogP contribution in [0.25, 0.3) is 0 Å². The van der Waals surface area contributed by atoms with E-state index in [-0.39, 0.29) is 18.4 Å². The lowest BCUT2D eigenvalue weighted by molar-refractivity contribution is -0.142. The van der Waals surface area contributed by atoms with Crippen LogP contribution < -0.4 is 10.6 Å². The first kappa shape index (κ1) is 18.0. The Morgan fingerprint density at radius 2 is 2.08 bits per heavy atom. The predicted octanol–water partition coefficient (Wildman–Crippen LogP) is 0.565. The lowest BCUT2D eigenvalue weighted by Gasteiger charge is -2.17. The first-order valence-electron chi connectivity index (χ1n) is 8.23. The summed E-state index contributed by atoms with van der Waals surface area (Å²) >= 11 is 0. The molecule has 1 atom stereocenters. The molecule has 8 nitrogen and oxygen atoms in total. The van der Waals surface area contributed by atoms with Gasteiger partial charge < -0.3 is 15.7 Å². The fourth-order valence-electron chi connectivity index (χ4n) is 2.80. The highest BCUT2D eigenvalue weighted by Crippen LogP contribution is 2.17. The molecule has 132 valence electrons. The van der Waals surface area contributed by atoms with Crippen molar-refractivity contribution in [2.75, 3.05) is 6.54 Å². The zero-order chi connectivity index (χ0) is 17.7. The lowest BCUT2D eigenvalue weighted by atomic mass is 10.0. The number of carboxylic acids is 1. The van der Waals surface area contributed by atoms with Gasteiger partial charge in [-0.1, -0.05) is 13.8 Å². The van der Waals surface area contributed by atoms with Crippen LogP contribution in [0.1, 0.15) is 49.2 Å². The number of nitrogens with one attached hydrogen (secondary N) is 2. The molecule has 0 unspecified atom stereocenters. The third-order valence-electron chi connectivity index (χ3n) is 3.98. The molecule has 0 aromatic carbocycles. The van der Waals surface area contributed by atoms with Gasteiger partial charge in [0.25, 0.3) is 5.91 Å². The van der Waals surface area contributed by atoms with Gasteiger partial charge in [-0.15, -0.1) is 0 Å². The van der Waals surface area contributed by atoms with Gasteiger partial charge in [-0.3, -0.25) is 14.3 Å². The summed E-state index contributed by atoms with van der Waals surface area (Å²) < 4.78 is 1.82. The summed E-state index contributed by atoms with van der Waals surface area (Å²) in [5.41, 5.74) is 1.38. The van der Waals surface area contributed by atoms with E-state index in [1.807, 2.05) is 18.5 Å². The molecule has 24 heavy (non-hydrogen) atoms. The molecule has 0 fully saturated rings. The van der Waals surface area contributed by atoms with Crippen molar-refractivity contribution in [2.24, 2.45) is 5.92 Å². The number of hydrogen-bond donors (Lipinski definition) is 3. The lowest BCUT2D eigenvalue weighted by Crippen LogP contribution is -2.46. The molecule has 1 aromatic rings. The first-order valence-corrected chi connectivity index (χ1v) is 8.23. The van der Waals surface area contributed by atoms with Crippen LogP contribution in [-0.4, -0.2) is 45.3 Å². The fraction of sp³-hybridized carbons (Fsp3) is 0.625. The van der Waals surface area contributed by atoms with E-state index in [9.17, 15) is 14.4 Å². The molecule has 2 amide bonds. The zero-order valence-electron chi connectivity index (χ0n) is 14.0. The molecule has 0 saturated carbocycles. The number of aromatic nitrogens is 2. The third kappa shape index (κ3) is 4.56. The quantitative estimate of drug-likeness (QED) is 0.673. The van der Waals surface area contributed by atoms with Crippen molar-refractivity contribution >= 4 is 17.8 Å². The number of nitrogens with zero attached hydrogens (tertiary/aromatic N) is 2. The Balaban J connectivity index is 1.88. The van der Waals surface area contributed by atoms with Crippen molar-refractivity contribution in [1.82, 2.24) is 20.4 Å². The minimum absolute atomic E-state index is 0.139. The van der Waals surface area contributed by atoms with E-state index in [1.165, 1.54) is 6.20 Å². The van der Waals surface area contributed by atoms with Gasteiger partial charge in [-0.25, -0.2) is 4.79 Å². The highest BCUT2D eigenvalue weighted by Gasteiger charge is 2.23. The molecule has 2 rings (SSSR count). The van der Waals surface area contributed by atoms with Crippen LogP contribution in [-0.2, 0) is 22.6 Å². The molecule has 0 radical (unpaired) electrons. The maximum atomic E-state index is 12.2. The normalized spacial score (nSPS) is 14.8. The van der Waals surface area contributed by atoms with Crippen LogP contribution in [0.15, 0.2) is 6.20 Å². The fourth-order valence-corrected chi connectivity index (χ4v) is 2.80. The Hall–Kier alpha value is -2.38. The van der Waals surface area contributed by atoms with Crippen LogP contribution in [0.2, 0.25) is 0 Å². The molecule has 0 spiro atoms. The van der Waals surface area contributed by atoms with Crippen LogP contribution in [0.5, 0.6) is 0 Å². The van der Waals surface area contributed by atoms with Gasteiger partial charge in [0.2, 0.25) is 5.91 Å². The zero-order valence-corrected chi connectivity index (χ0v) is 14.0. The molecule has 1 aliphatic rings. The van der Waals surface area contributed by atoms with Crippen LogP contribution in [0.3, 0.4) is 0 Å². The number of carboxylic acid groups (broad SMARTS) is 1. The van der Waals surface area contributed by atoms with Crippen LogP contribution in [0.4, 0.5) is 0 Å². The molecule has 1 aromatic heterocycles. The average Bonchev–Trinajstić information content (AvgIpc) is 2.95. The molecule has 0 saturated heterocycles. The summed E-state index contributed by atoms with van der Waals surface area (Å²) in [4.78, 5) is 35.3. The topological polar surface area (TPSA) is 113 Å². The second kappa shape index (κ2) is 7.94. The number of carbonyl (C=O) groups excluding carboxylic acids is 2. The van der Waals surface area contributed by atoms with E-state index in [4.69, 9.17) is 5.11 Å². The summed E-state index contributed by atoms with van der Waals surface area (Å²) in [6.07, 6.45) is 4.72. The summed E-state index contributed by atoms with van der Waals surface area (Å²) in [7, 11) is 0. The Labute approximate surface area is 140 Å². The molecule has 1 aliphatic heterocycles. The SMILES string of the molecule is CC(C)C[C@H](NC(=O)CNC(=O)c1cnn2c1CCCC2)C(=O)O. The van der Waals surface area contributed by atoms with Crippen molar-refractivity contribution in [3.63, 3.8) is 0 Å². The molecule has 0 bridgehead atoms. The number of carbonyl (C=O) groups is 3.